The Morgan fingerprint density at radius 3 is 2.12 bits per heavy atom. The molecule has 0 aliphatic rings. The van der Waals surface area contributed by atoms with E-state index in [0.29, 0.717) is 0 Å². The molecule has 2 heteroatoms. The van der Waals surface area contributed by atoms with Crippen molar-refractivity contribution in [2.45, 2.75) is 71.8 Å². The fraction of sp³-hybridized carbons (Fsp3) is 1.00. The Balaban J connectivity index is 3.91. The summed E-state index contributed by atoms with van der Waals surface area (Å²) >= 11 is 0. The zero-order valence-corrected chi connectivity index (χ0v) is 11.3. The van der Waals surface area contributed by atoms with Crippen molar-refractivity contribution < 1.29 is 10.2 Å². The average Bonchev–Trinajstić information content (AvgIpc) is 2.30. The monoisotopic (exact) mass is 230 g/mol. The van der Waals surface area contributed by atoms with Crippen molar-refractivity contribution in [3.05, 3.63) is 0 Å². The van der Waals surface area contributed by atoms with Gasteiger partial charge in [-0.05, 0) is 24.7 Å². The summed E-state index contributed by atoms with van der Waals surface area (Å²) < 4.78 is 0. The van der Waals surface area contributed by atoms with Crippen molar-refractivity contribution in [2.75, 3.05) is 6.61 Å². The molecule has 98 valence electrons. The Morgan fingerprint density at radius 2 is 1.62 bits per heavy atom. The van der Waals surface area contributed by atoms with Gasteiger partial charge in [0.1, 0.15) is 0 Å². The zero-order chi connectivity index (χ0) is 12.4. The van der Waals surface area contributed by atoms with E-state index in [1.54, 1.807) is 0 Å². The van der Waals surface area contributed by atoms with Gasteiger partial charge < -0.3 is 10.2 Å². The quantitative estimate of drug-likeness (QED) is 0.565. The number of rotatable bonds is 10. The number of aliphatic hydroxyl groups is 2. The van der Waals surface area contributed by atoms with Crippen LogP contribution in [0, 0.1) is 11.8 Å². The van der Waals surface area contributed by atoms with Gasteiger partial charge in [0.05, 0.1) is 6.10 Å². The molecule has 0 radical (unpaired) electrons. The van der Waals surface area contributed by atoms with E-state index in [0.717, 1.165) is 25.7 Å². The van der Waals surface area contributed by atoms with Gasteiger partial charge in [0.2, 0.25) is 0 Å². The van der Waals surface area contributed by atoms with Crippen LogP contribution >= 0.6 is 0 Å². The Labute approximate surface area is 101 Å². The van der Waals surface area contributed by atoms with E-state index < -0.39 is 0 Å². The van der Waals surface area contributed by atoms with E-state index >= 15 is 0 Å². The lowest BCUT2D eigenvalue weighted by atomic mass is 9.83. The standard InChI is InChI=1S/C14H30O2/c1-4-6-7-8-10-14(16)13(9-5-2)12(3)11-15/h12-16H,4-11H2,1-3H3. The number of unbranched alkanes of at least 4 members (excludes halogenated alkanes) is 3. The molecule has 2 N–H and O–H groups in total. The summed E-state index contributed by atoms with van der Waals surface area (Å²) in [6.45, 7) is 6.57. The van der Waals surface area contributed by atoms with Gasteiger partial charge in [-0.1, -0.05) is 52.9 Å². The highest BCUT2D eigenvalue weighted by Crippen LogP contribution is 2.24. The number of hydrogen-bond acceptors (Lipinski definition) is 2. The third-order valence-electron chi connectivity index (χ3n) is 3.49. The Kier molecular flexibility index (Phi) is 10.0. The number of aliphatic hydroxyl groups excluding tert-OH is 2. The first-order valence-corrected chi connectivity index (χ1v) is 6.96. The normalized spacial score (nSPS) is 17.1. The van der Waals surface area contributed by atoms with Gasteiger partial charge in [0, 0.05) is 6.61 Å². The Morgan fingerprint density at radius 1 is 0.938 bits per heavy atom. The van der Waals surface area contributed by atoms with Crippen molar-refractivity contribution in [3.63, 3.8) is 0 Å². The van der Waals surface area contributed by atoms with Gasteiger partial charge in [-0.2, -0.15) is 0 Å². The summed E-state index contributed by atoms with van der Waals surface area (Å²) in [5.74, 6) is 0.498. The predicted molar refractivity (Wildman–Crippen MR) is 69.4 cm³/mol. The SMILES string of the molecule is CCCCCCC(O)C(CCC)C(C)CO. The molecule has 0 aromatic rings. The third-order valence-corrected chi connectivity index (χ3v) is 3.49. The highest BCUT2D eigenvalue weighted by Gasteiger charge is 2.23. The van der Waals surface area contributed by atoms with Gasteiger partial charge >= 0.3 is 0 Å². The second-order valence-electron chi connectivity index (χ2n) is 5.03. The van der Waals surface area contributed by atoms with Crippen LogP contribution in [-0.2, 0) is 0 Å². The van der Waals surface area contributed by atoms with Crippen molar-refractivity contribution in [1.29, 1.82) is 0 Å². The van der Waals surface area contributed by atoms with Crippen LogP contribution in [0.2, 0.25) is 0 Å². The largest absolute Gasteiger partial charge is 0.396 e. The maximum Gasteiger partial charge on any atom is 0.0571 e. The molecule has 0 amide bonds. The highest BCUT2D eigenvalue weighted by atomic mass is 16.3. The maximum absolute atomic E-state index is 10.1. The van der Waals surface area contributed by atoms with Gasteiger partial charge in [-0.15, -0.1) is 0 Å². The van der Waals surface area contributed by atoms with Crippen molar-refractivity contribution in [1.82, 2.24) is 0 Å². The lowest BCUT2D eigenvalue weighted by Crippen LogP contribution is -2.28. The van der Waals surface area contributed by atoms with Crippen LogP contribution in [0.15, 0.2) is 0 Å². The minimum Gasteiger partial charge on any atom is -0.396 e. The van der Waals surface area contributed by atoms with Crippen LogP contribution in [0.25, 0.3) is 0 Å². The molecule has 3 atom stereocenters. The molecule has 0 aliphatic carbocycles. The minimum atomic E-state index is -0.223. The van der Waals surface area contributed by atoms with E-state index in [1.807, 2.05) is 6.92 Å². The fourth-order valence-electron chi connectivity index (χ4n) is 2.32. The molecule has 16 heavy (non-hydrogen) atoms. The molecule has 0 bridgehead atoms. The van der Waals surface area contributed by atoms with Gasteiger partial charge in [-0.3, -0.25) is 0 Å². The predicted octanol–water partition coefficient (Wildman–Crippen LogP) is 3.36. The van der Waals surface area contributed by atoms with Crippen molar-refractivity contribution in [2.24, 2.45) is 11.8 Å². The van der Waals surface area contributed by atoms with Gasteiger partial charge in [0.25, 0.3) is 0 Å². The summed E-state index contributed by atoms with van der Waals surface area (Å²) in [6.07, 6.45) is 7.63. The van der Waals surface area contributed by atoms with Crippen LogP contribution in [-0.4, -0.2) is 22.9 Å². The molecule has 0 saturated heterocycles. The molecule has 0 aromatic heterocycles. The van der Waals surface area contributed by atoms with E-state index in [-0.39, 0.29) is 24.5 Å². The molecule has 0 heterocycles. The molecular formula is C14H30O2. The van der Waals surface area contributed by atoms with Crippen LogP contribution in [0.4, 0.5) is 0 Å². The summed E-state index contributed by atoms with van der Waals surface area (Å²) in [4.78, 5) is 0. The molecule has 0 aliphatic heterocycles. The van der Waals surface area contributed by atoms with E-state index in [2.05, 4.69) is 13.8 Å². The van der Waals surface area contributed by atoms with Crippen LogP contribution < -0.4 is 0 Å². The number of hydrogen-bond donors (Lipinski definition) is 2. The van der Waals surface area contributed by atoms with Gasteiger partial charge in [0.15, 0.2) is 0 Å². The first-order valence-electron chi connectivity index (χ1n) is 6.96. The van der Waals surface area contributed by atoms with Crippen LogP contribution in [0.5, 0.6) is 0 Å². The fourth-order valence-corrected chi connectivity index (χ4v) is 2.32. The minimum absolute atomic E-state index is 0.191. The average molecular weight is 230 g/mol. The lowest BCUT2D eigenvalue weighted by Gasteiger charge is -2.27. The molecule has 0 fully saturated rings. The molecule has 0 spiro atoms. The topological polar surface area (TPSA) is 40.5 Å². The van der Waals surface area contributed by atoms with Crippen LogP contribution in [0.3, 0.4) is 0 Å². The molecule has 0 saturated carbocycles. The molecule has 0 rings (SSSR count). The second-order valence-corrected chi connectivity index (χ2v) is 5.03. The smallest absolute Gasteiger partial charge is 0.0571 e. The van der Waals surface area contributed by atoms with E-state index in [4.69, 9.17) is 0 Å². The molecule has 3 unspecified atom stereocenters. The van der Waals surface area contributed by atoms with Crippen molar-refractivity contribution in [3.8, 4) is 0 Å². The van der Waals surface area contributed by atoms with E-state index in [9.17, 15) is 10.2 Å². The first-order chi connectivity index (χ1) is 7.67. The molecule has 0 aromatic carbocycles. The Hall–Kier alpha value is -0.0800. The first kappa shape index (κ1) is 15.9. The molecule has 2 nitrogen and oxygen atoms in total. The van der Waals surface area contributed by atoms with Gasteiger partial charge in [-0.25, -0.2) is 0 Å². The summed E-state index contributed by atoms with van der Waals surface area (Å²) in [5, 5.41) is 19.3. The highest BCUT2D eigenvalue weighted by molar-refractivity contribution is 4.73. The summed E-state index contributed by atoms with van der Waals surface area (Å²) in [5.41, 5.74) is 0. The molecular weight excluding hydrogens is 200 g/mol. The van der Waals surface area contributed by atoms with E-state index in [1.165, 1.54) is 19.3 Å². The third kappa shape index (κ3) is 6.49. The summed E-state index contributed by atoms with van der Waals surface area (Å²) in [7, 11) is 0. The van der Waals surface area contributed by atoms with Crippen LogP contribution in [0.1, 0.15) is 65.7 Å². The van der Waals surface area contributed by atoms with Crippen molar-refractivity contribution >= 4 is 0 Å². The maximum atomic E-state index is 10.1. The second kappa shape index (κ2) is 10.1. The lowest BCUT2D eigenvalue weighted by molar-refractivity contribution is 0.0417. The summed E-state index contributed by atoms with van der Waals surface area (Å²) in [6, 6.07) is 0. The Bertz CT molecular complexity index is 148. The zero-order valence-electron chi connectivity index (χ0n) is 11.3.